The molecule has 0 radical (unpaired) electrons. The Morgan fingerprint density at radius 3 is 2.23 bits per heavy atom. The van der Waals surface area contributed by atoms with Gasteiger partial charge in [0.05, 0.1) is 24.3 Å². The number of carbonyl (C=O) groups is 1. The second-order valence-electron chi connectivity index (χ2n) is 11.0. The molecule has 200 valence electrons. The fourth-order valence-corrected chi connectivity index (χ4v) is 4.48. The van der Waals surface area contributed by atoms with Crippen molar-refractivity contribution in [3.63, 3.8) is 0 Å². The number of nitrogens with zero attached hydrogens (tertiary/aromatic N) is 1. The minimum Gasteiger partial charge on any atom is -0.345 e. The maximum Gasteiger partial charge on any atom is 0.366 e. The molecule has 0 aliphatic carbocycles. The lowest BCUT2D eigenvalue weighted by atomic mass is 9.93. The van der Waals surface area contributed by atoms with Crippen LogP contribution in [0.2, 0.25) is 0 Å². The molecule has 1 fully saturated rings. The summed E-state index contributed by atoms with van der Waals surface area (Å²) in [5, 5.41) is 7.83. The van der Waals surface area contributed by atoms with Crippen LogP contribution in [0.1, 0.15) is 48.7 Å². The number of anilines is 1. The maximum absolute atomic E-state index is 13.7. The first-order chi connectivity index (χ1) is 18.5. The van der Waals surface area contributed by atoms with Gasteiger partial charge in [-0.05, 0) is 56.2 Å². The highest BCUT2D eigenvalue weighted by Gasteiger charge is 2.38. The molecule has 7 heteroatoms. The van der Waals surface area contributed by atoms with Crippen LogP contribution in [0.5, 0.6) is 0 Å². The van der Waals surface area contributed by atoms with E-state index in [9.17, 15) is 9.59 Å². The molecule has 0 atom stereocenters. The van der Waals surface area contributed by atoms with Crippen molar-refractivity contribution in [2.24, 2.45) is 5.41 Å². The van der Waals surface area contributed by atoms with Crippen LogP contribution in [0, 0.1) is 19.3 Å². The average Bonchev–Trinajstić information content (AvgIpc) is 2.92. The molecule has 1 N–H and O–H groups in total. The molecular weight excluding hydrogens is 492 g/mol. The van der Waals surface area contributed by atoms with Crippen LogP contribution in [0.15, 0.2) is 76.0 Å². The largest absolute Gasteiger partial charge is 0.366 e. The topological polar surface area (TPSA) is 90.7 Å². The highest BCUT2D eigenvalue weighted by Crippen LogP contribution is 2.36. The van der Waals surface area contributed by atoms with E-state index in [1.165, 1.54) is 0 Å². The molecule has 4 aromatic rings. The van der Waals surface area contributed by atoms with Crippen LogP contribution in [-0.4, -0.2) is 24.3 Å². The molecular formula is C32H32N2O5. The third-order valence-electron chi connectivity index (χ3n) is 6.98. The van der Waals surface area contributed by atoms with Crippen molar-refractivity contribution in [3.05, 3.63) is 105 Å². The van der Waals surface area contributed by atoms with Crippen molar-refractivity contribution in [1.82, 2.24) is 5.16 Å². The number of rotatable bonds is 5. The average molecular weight is 525 g/mol. The Labute approximate surface area is 227 Å². The van der Waals surface area contributed by atoms with Crippen LogP contribution in [0.4, 0.5) is 5.69 Å². The zero-order valence-electron chi connectivity index (χ0n) is 22.8. The quantitative estimate of drug-likeness (QED) is 0.246. The van der Waals surface area contributed by atoms with Gasteiger partial charge in [-0.25, -0.2) is 4.79 Å². The van der Waals surface area contributed by atoms with Gasteiger partial charge < -0.3 is 19.3 Å². The summed E-state index contributed by atoms with van der Waals surface area (Å²) in [6.45, 7) is 11.1. The summed E-state index contributed by atoms with van der Waals surface area (Å²) in [6.07, 6.45) is 1.87. The molecule has 0 bridgehead atoms. The zero-order chi connectivity index (χ0) is 27.8. The van der Waals surface area contributed by atoms with Crippen molar-refractivity contribution in [2.75, 3.05) is 18.5 Å². The monoisotopic (exact) mass is 524 g/mol. The standard InChI is InChI=1S/C32H32N2O5/c1-20-6-8-22(9-7-20)16-28(23-10-12-24(13-11-23)32(5)37-18-31(3,4)19-38-32)29(35)33-25-14-15-26-27(17-25)21(2)34-39-30(26)36/h6-17H,18-19H2,1-5H3,(H,33,35)/b28-16+. The minimum absolute atomic E-state index is 0.0388. The van der Waals surface area contributed by atoms with Gasteiger partial charge in [-0.3, -0.25) is 4.79 Å². The van der Waals surface area contributed by atoms with Gasteiger partial charge in [0.15, 0.2) is 5.79 Å². The van der Waals surface area contributed by atoms with Crippen LogP contribution >= 0.6 is 0 Å². The van der Waals surface area contributed by atoms with Gasteiger partial charge in [-0.15, -0.1) is 0 Å². The predicted molar refractivity (Wildman–Crippen MR) is 152 cm³/mol. The van der Waals surface area contributed by atoms with Crippen molar-refractivity contribution < 1.29 is 18.8 Å². The Morgan fingerprint density at radius 1 is 0.897 bits per heavy atom. The molecule has 1 amide bonds. The SMILES string of the molecule is Cc1ccc(/C=C(/C(=O)Nc2ccc3c(=O)onc(C)c3c2)c2ccc(C3(C)OCC(C)(C)CO3)cc2)cc1. The van der Waals surface area contributed by atoms with E-state index >= 15 is 0 Å². The maximum atomic E-state index is 13.7. The number of aromatic nitrogens is 1. The highest BCUT2D eigenvalue weighted by molar-refractivity contribution is 6.29. The molecule has 3 aromatic carbocycles. The Bertz CT molecular complexity index is 1610. The van der Waals surface area contributed by atoms with E-state index in [1.807, 2.05) is 68.5 Å². The van der Waals surface area contributed by atoms with E-state index in [-0.39, 0.29) is 11.3 Å². The fraction of sp³-hybridized carbons (Fsp3) is 0.281. The Hall–Kier alpha value is -4.07. The molecule has 1 aromatic heterocycles. The number of fused-ring (bicyclic) bond motifs is 1. The highest BCUT2D eigenvalue weighted by atomic mass is 16.7. The first-order valence-corrected chi connectivity index (χ1v) is 12.9. The molecule has 0 spiro atoms. The second-order valence-corrected chi connectivity index (χ2v) is 11.0. The van der Waals surface area contributed by atoms with Crippen LogP contribution in [-0.2, 0) is 20.1 Å². The molecule has 1 saturated heterocycles. The van der Waals surface area contributed by atoms with Crippen LogP contribution in [0.3, 0.4) is 0 Å². The van der Waals surface area contributed by atoms with Crippen molar-refractivity contribution in [1.29, 1.82) is 0 Å². The number of carbonyl (C=O) groups excluding carboxylic acids is 1. The van der Waals surface area contributed by atoms with Crippen LogP contribution < -0.4 is 10.9 Å². The van der Waals surface area contributed by atoms with Crippen molar-refractivity contribution in [2.45, 2.75) is 40.4 Å². The lowest BCUT2D eigenvalue weighted by Crippen LogP contribution is -2.43. The predicted octanol–water partition coefficient (Wildman–Crippen LogP) is 6.23. The van der Waals surface area contributed by atoms with E-state index in [2.05, 4.69) is 24.3 Å². The number of benzene rings is 3. The lowest BCUT2D eigenvalue weighted by molar-refractivity contribution is -0.298. The number of ether oxygens (including phenoxy) is 2. The van der Waals surface area contributed by atoms with Crippen molar-refractivity contribution >= 4 is 34.0 Å². The Kier molecular flexibility index (Phi) is 6.97. The number of hydrogen-bond donors (Lipinski definition) is 1. The normalized spacial score (nSPS) is 16.7. The summed E-state index contributed by atoms with van der Waals surface area (Å²) in [5.41, 5.74) is 4.72. The lowest BCUT2D eigenvalue weighted by Gasteiger charge is -2.41. The Morgan fingerprint density at radius 2 is 1.56 bits per heavy atom. The molecule has 7 nitrogen and oxygen atoms in total. The van der Waals surface area contributed by atoms with Gasteiger partial charge in [0.2, 0.25) is 0 Å². The summed E-state index contributed by atoms with van der Waals surface area (Å²) < 4.78 is 17.0. The van der Waals surface area contributed by atoms with Gasteiger partial charge in [0.25, 0.3) is 5.91 Å². The third-order valence-corrected chi connectivity index (χ3v) is 6.98. The number of aryl methyl sites for hydroxylation is 2. The molecule has 2 heterocycles. The third kappa shape index (κ3) is 5.70. The summed E-state index contributed by atoms with van der Waals surface area (Å²) in [5.74, 6) is -1.13. The number of amides is 1. The minimum atomic E-state index is -0.846. The molecule has 1 aliphatic rings. The zero-order valence-corrected chi connectivity index (χ0v) is 22.8. The molecule has 39 heavy (non-hydrogen) atoms. The van der Waals surface area contributed by atoms with E-state index in [0.29, 0.717) is 40.9 Å². The van der Waals surface area contributed by atoms with Gasteiger partial charge in [0.1, 0.15) is 0 Å². The van der Waals surface area contributed by atoms with E-state index < -0.39 is 11.4 Å². The van der Waals surface area contributed by atoms with Gasteiger partial charge in [-0.1, -0.05) is 73.1 Å². The number of nitrogens with one attached hydrogen (secondary N) is 1. The van der Waals surface area contributed by atoms with E-state index in [4.69, 9.17) is 14.0 Å². The molecule has 5 rings (SSSR count). The fourth-order valence-electron chi connectivity index (χ4n) is 4.48. The summed E-state index contributed by atoms with van der Waals surface area (Å²) in [7, 11) is 0. The van der Waals surface area contributed by atoms with E-state index in [1.54, 1.807) is 25.1 Å². The first-order valence-electron chi connectivity index (χ1n) is 12.9. The molecule has 0 unspecified atom stereocenters. The van der Waals surface area contributed by atoms with Gasteiger partial charge in [-0.2, -0.15) is 0 Å². The summed E-state index contributed by atoms with van der Waals surface area (Å²) in [6, 6.07) is 20.7. The Balaban J connectivity index is 1.47. The van der Waals surface area contributed by atoms with Crippen LogP contribution in [0.25, 0.3) is 22.4 Å². The molecule has 0 saturated carbocycles. The van der Waals surface area contributed by atoms with E-state index in [0.717, 1.165) is 22.3 Å². The van der Waals surface area contributed by atoms with Gasteiger partial charge in [0, 0.05) is 27.6 Å². The molecule has 1 aliphatic heterocycles. The summed E-state index contributed by atoms with van der Waals surface area (Å²) >= 11 is 0. The first kappa shape index (κ1) is 26.5. The smallest absolute Gasteiger partial charge is 0.345 e. The second kappa shape index (κ2) is 10.2. The van der Waals surface area contributed by atoms with Crippen molar-refractivity contribution in [3.8, 4) is 0 Å². The van der Waals surface area contributed by atoms with Gasteiger partial charge >= 0.3 is 5.63 Å². The summed E-state index contributed by atoms with van der Waals surface area (Å²) in [4.78, 5) is 25.7. The number of hydrogen-bond acceptors (Lipinski definition) is 6.